The highest BCUT2D eigenvalue weighted by atomic mass is 79.9. The highest BCUT2D eigenvalue weighted by Gasteiger charge is 2.24. The van der Waals surface area contributed by atoms with Gasteiger partial charge in [-0.1, -0.05) is 90.4 Å². The first-order chi connectivity index (χ1) is 13.6. The van der Waals surface area contributed by atoms with Gasteiger partial charge in [0.2, 0.25) is 0 Å². The van der Waals surface area contributed by atoms with Crippen molar-refractivity contribution < 1.29 is 14.3 Å². The highest BCUT2D eigenvalue weighted by molar-refractivity contribution is 9.10. The summed E-state index contributed by atoms with van der Waals surface area (Å²) < 4.78 is 12.6. The molecule has 0 amide bonds. The standard InChI is InChI=1S/C26H35BrO3/c1-24(2,3)17-10-12-21(19(14-17)25(4,5)6)29-16-23(28)30-22-13-11-18(27)15-20(22)26(7,8)9/h10-15H,16H2,1-9H3. The summed E-state index contributed by atoms with van der Waals surface area (Å²) in [6.45, 7) is 19.2. The summed E-state index contributed by atoms with van der Waals surface area (Å²) in [5, 5.41) is 0. The first-order valence-electron chi connectivity index (χ1n) is 10.4. The van der Waals surface area contributed by atoms with Gasteiger partial charge in [0.05, 0.1) is 0 Å². The van der Waals surface area contributed by atoms with Gasteiger partial charge in [0.1, 0.15) is 11.5 Å². The normalized spacial score (nSPS) is 12.6. The van der Waals surface area contributed by atoms with Gasteiger partial charge < -0.3 is 9.47 Å². The first kappa shape index (κ1) is 24.5. The number of carbonyl (C=O) groups is 1. The van der Waals surface area contributed by atoms with Crippen LogP contribution in [0.2, 0.25) is 0 Å². The zero-order valence-electron chi connectivity index (χ0n) is 19.8. The van der Waals surface area contributed by atoms with E-state index in [4.69, 9.17) is 9.47 Å². The molecule has 0 aliphatic heterocycles. The van der Waals surface area contributed by atoms with Crippen LogP contribution in [0.4, 0.5) is 0 Å². The van der Waals surface area contributed by atoms with Crippen LogP contribution in [-0.2, 0) is 21.0 Å². The number of halogens is 1. The van der Waals surface area contributed by atoms with Gasteiger partial charge in [-0.15, -0.1) is 0 Å². The fourth-order valence-electron chi connectivity index (χ4n) is 3.17. The van der Waals surface area contributed by atoms with Gasteiger partial charge in [-0.25, -0.2) is 4.79 Å². The van der Waals surface area contributed by atoms with Crippen molar-refractivity contribution in [3.05, 3.63) is 57.6 Å². The molecular weight excluding hydrogens is 440 g/mol. The second-order valence-electron chi connectivity index (χ2n) is 10.9. The largest absolute Gasteiger partial charge is 0.482 e. The van der Waals surface area contributed by atoms with E-state index in [2.05, 4.69) is 90.4 Å². The number of hydrogen-bond acceptors (Lipinski definition) is 3. The average molecular weight is 475 g/mol. The van der Waals surface area contributed by atoms with Crippen LogP contribution in [0.1, 0.15) is 79.0 Å². The van der Waals surface area contributed by atoms with E-state index < -0.39 is 5.97 Å². The van der Waals surface area contributed by atoms with Gasteiger partial charge in [-0.3, -0.25) is 0 Å². The fraction of sp³-hybridized carbons (Fsp3) is 0.500. The summed E-state index contributed by atoms with van der Waals surface area (Å²) in [7, 11) is 0. The fourth-order valence-corrected chi connectivity index (χ4v) is 3.54. The van der Waals surface area contributed by atoms with Crippen molar-refractivity contribution in [2.75, 3.05) is 6.61 Å². The van der Waals surface area contributed by atoms with Crippen molar-refractivity contribution in [3.8, 4) is 11.5 Å². The number of benzene rings is 2. The Morgan fingerprint density at radius 1 is 0.767 bits per heavy atom. The molecule has 30 heavy (non-hydrogen) atoms. The topological polar surface area (TPSA) is 35.5 Å². The van der Waals surface area contributed by atoms with E-state index >= 15 is 0 Å². The number of esters is 1. The molecular formula is C26H35BrO3. The molecule has 164 valence electrons. The van der Waals surface area contributed by atoms with E-state index in [1.807, 2.05) is 24.3 Å². The smallest absolute Gasteiger partial charge is 0.349 e. The summed E-state index contributed by atoms with van der Waals surface area (Å²) in [6, 6.07) is 11.9. The summed E-state index contributed by atoms with van der Waals surface area (Å²) >= 11 is 3.50. The van der Waals surface area contributed by atoms with Crippen LogP contribution >= 0.6 is 15.9 Å². The Morgan fingerprint density at radius 2 is 1.30 bits per heavy atom. The second kappa shape index (κ2) is 8.74. The van der Waals surface area contributed by atoms with Gasteiger partial charge >= 0.3 is 5.97 Å². The lowest BCUT2D eigenvalue weighted by Crippen LogP contribution is -2.23. The third kappa shape index (κ3) is 6.34. The lowest BCUT2D eigenvalue weighted by molar-refractivity contribution is -0.136. The van der Waals surface area contributed by atoms with Gasteiger partial charge in [0.25, 0.3) is 0 Å². The van der Waals surface area contributed by atoms with Gasteiger partial charge in [-0.2, -0.15) is 0 Å². The molecule has 0 bridgehead atoms. The van der Waals surface area contributed by atoms with Crippen molar-refractivity contribution in [2.45, 2.75) is 78.6 Å². The van der Waals surface area contributed by atoms with Crippen LogP contribution in [0.5, 0.6) is 11.5 Å². The molecule has 0 aliphatic rings. The van der Waals surface area contributed by atoms with Crippen molar-refractivity contribution in [2.24, 2.45) is 0 Å². The van der Waals surface area contributed by atoms with Crippen molar-refractivity contribution in [3.63, 3.8) is 0 Å². The van der Waals surface area contributed by atoms with Crippen LogP contribution in [0.3, 0.4) is 0 Å². The van der Waals surface area contributed by atoms with Crippen LogP contribution < -0.4 is 9.47 Å². The zero-order chi connectivity index (χ0) is 22.9. The lowest BCUT2D eigenvalue weighted by Gasteiger charge is -2.27. The molecule has 2 aromatic rings. The Balaban J connectivity index is 2.21. The maximum atomic E-state index is 12.6. The van der Waals surface area contributed by atoms with Crippen molar-refractivity contribution >= 4 is 21.9 Å². The molecule has 3 nitrogen and oxygen atoms in total. The predicted octanol–water partition coefficient (Wildman–Crippen LogP) is 7.33. The molecule has 0 fully saturated rings. The Hall–Kier alpha value is -1.81. The molecule has 0 spiro atoms. The SMILES string of the molecule is CC(C)(C)c1ccc(OCC(=O)Oc2ccc(Br)cc2C(C)(C)C)c(C(C)(C)C)c1. The summed E-state index contributed by atoms with van der Waals surface area (Å²) in [5.41, 5.74) is 3.08. The van der Waals surface area contributed by atoms with Crippen LogP contribution in [0, 0.1) is 0 Å². The molecule has 2 aromatic carbocycles. The maximum Gasteiger partial charge on any atom is 0.349 e. The summed E-state index contributed by atoms with van der Waals surface area (Å²) in [4.78, 5) is 12.6. The molecule has 0 aliphatic carbocycles. The van der Waals surface area contributed by atoms with Gasteiger partial charge in [0.15, 0.2) is 6.61 Å². The van der Waals surface area contributed by atoms with Gasteiger partial charge in [-0.05, 0) is 51.6 Å². The Bertz CT molecular complexity index is 909. The van der Waals surface area contributed by atoms with E-state index in [1.165, 1.54) is 5.56 Å². The minimum Gasteiger partial charge on any atom is -0.482 e. The van der Waals surface area contributed by atoms with E-state index in [-0.39, 0.29) is 22.9 Å². The van der Waals surface area contributed by atoms with E-state index in [0.717, 1.165) is 21.3 Å². The summed E-state index contributed by atoms with van der Waals surface area (Å²) in [6.07, 6.45) is 0. The third-order valence-electron chi connectivity index (χ3n) is 4.97. The van der Waals surface area contributed by atoms with Crippen molar-refractivity contribution in [1.82, 2.24) is 0 Å². The Kier molecular flexibility index (Phi) is 7.13. The molecule has 0 unspecified atom stereocenters. The minimum atomic E-state index is -0.414. The third-order valence-corrected chi connectivity index (χ3v) is 5.47. The minimum absolute atomic E-state index is 0.0440. The second-order valence-corrected chi connectivity index (χ2v) is 11.8. The average Bonchev–Trinajstić information content (AvgIpc) is 2.59. The molecule has 0 N–H and O–H groups in total. The summed E-state index contributed by atoms with van der Waals surface area (Å²) in [5.74, 6) is 0.875. The molecule has 2 rings (SSSR count). The maximum absolute atomic E-state index is 12.6. The Morgan fingerprint density at radius 3 is 1.83 bits per heavy atom. The quantitative estimate of drug-likeness (QED) is 0.343. The van der Waals surface area contributed by atoms with E-state index in [9.17, 15) is 4.79 Å². The van der Waals surface area contributed by atoms with Crippen LogP contribution in [-0.4, -0.2) is 12.6 Å². The van der Waals surface area contributed by atoms with Crippen LogP contribution in [0.15, 0.2) is 40.9 Å². The number of rotatable bonds is 4. The monoisotopic (exact) mass is 474 g/mol. The molecule has 4 heteroatoms. The number of hydrogen-bond donors (Lipinski definition) is 0. The molecule has 0 aromatic heterocycles. The van der Waals surface area contributed by atoms with E-state index in [0.29, 0.717) is 5.75 Å². The first-order valence-corrected chi connectivity index (χ1v) is 11.2. The number of ether oxygens (including phenoxy) is 2. The van der Waals surface area contributed by atoms with Gasteiger partial charge in [0, 0.05) is 10.0 Å². The lowest BCUT2D eigenvalue weighted by atomic mass is 9.80. The molecule has 0 saturated carbocycles. The van der Waals surface area contributed by atoms with E-state index in [1.54, 1.807) is 0 Å². The Labute approximate surface area is 190 Å². The molecule has 0 heterocycles. The number of carbonyl (C=O) groups excluding carboxylic acids is 1. The van der Waals surface area contributed by atoms with Crippen LogP contribution in [0.25, 0.3) is 0 Å². The zero-order valence-corrected chi connectivity index (χ0v) is 21.4. The molecule has 0 saturated heterocycles. The highest BCUT2D eigenvalue weighted by Crippen LogP contribution is 2.36. The molecule has 0 radical (unpaired) electrons. The van der Waals surface area contributed by atoms with Crippen molar-refractivity contribution in [1.29, 1.82) is 0 Å². The predicted molar refractivity (Wildman–Crippen MR) is 128 cm³/mol. The molecule has 0 atom stereocenters.